The molecule has 2 heterocycles. The first kappa shape index (κ1) is 24.6. The average molecular weight is 503 g/mol. The van der Waals surface area contributed by atoms with Crippen molar-refractivity contribution < 1.29 is 56.3 Å². The molecule has 2 rings (SSSR count). The molecule has 1 aromatic heterocycles. The first-order chi connectivity index (χ1) is 12.9. The molecule has 29 heavy (non-hydrogen) atoms. The number of hydrogen-bond acceptors (Lipinski definition) is 10. The van der Waals surface area contributed by atoms with Gasteiger partial charge in [-0.1, -0.05) is 0 Å². The molecule has 1 aliphatic rings. The van der Waals surface area contributed by atoms with E-state index in [2.05, 4.69) is 13.1 Å². The van der Waals surface area contributed by atoms with Crippen molar-refractivity contribution in [2.75, 3.05) is 0 Å². The van der Waals surface area contributed by atoms with E-state index in [1.807, 2.05) is 4.98 Å². The third kappa shape index (κ3) is 6.15. The van der Waals surface area contributed by atoms with Gasteiger partial charge in [-0.15, -0.1) is 11.6 Å². The van der Waals surface area contributed by atoms with Crippen LogP contribution in [-0.2, 0) is 31.6 Å². The van der Waals surface area contributed by atoms with E-state index < -0.39 is 58.2 Å². The molecule has 3 unspecified atom stereocenters. The number of H-pyrrole nitrogens is 1. The number of ether oxygens (including phenoxy) is 1. The molecule has 1 aromatic rings. The molecule has 20 heteroatoms. The third-order valence-corrected chi connectivity index (χ3v) is 7.55. The fourth-order valence-corrected chi connectivity index (χ4v) is 5.56. The summed E-state index contributed by atoms with van der Waals surface area (Å²) in [5.41, 5.74) is -1.77. The predicted octanol–water partition coefficient (Wildman–Crippen LogP) is -0.907. The number of rotatable bonds is 7. The molecule has 0 aliphatic carbocycles. The number of phosphoric ester groups is 1. The van der Waals surface area contributed by atoms with Crippen LogP contribution in [-0.4, -0.2) is 51.5 Å². The van der Waals surface area contributed by atoms with Crippen molar-refractivity contribution in [3.05, 3.63) is 33.1 Å². The molecule has 1 fully saturated rings. The molecule has 6 N–H and O–H groups in total. The average Bonchev–Trinajstić information content (AvgIpc) is 2.67. The van der Waals surface area contributed by atoms with Crippen LogP contribution in [0.15, 0.2) is 21.9 Å². The van der Waals surface area contributed by atoms with E-state index in [0.29, 0.717) is 0 Å². The summed E-state index contributed by atoms with van der Waals surface area (Å²) in [6.45, 7) is 1.14. The maximum absolute atomic E-state index is 11.9. The summed E-state index contributed by atoms with van der Waals surface area (Å²) in [6.07, 6.45) is -4.70. The van der Waals surface area contributed by atoms with Crippen LogP contribution in [0.2, 0.25) is 0 Å². The number of alkyl halides is 1. The number of nitrogens with zero attached hydrogens (tertiary/aromatic N) is 1. The van der Waals surface area contributed by atoms with Gasteiger partial charge in [0.2, 0.25) is 0 Å². The van der Waals surface area contributed by atoms with E-state index in [1.165, 1.54) is 0 Å². The Morgan fingerprint density at radius 1 is 1.17 bits per heavy atom. The molecule has 1 aliphatic heterocycles. The Morgan fingerprint density at radius 3 is 2.28 bits per heavy atom. The molecule has 0 amide bonds. The molecule has 0 spiro atoms. The van der Waals surface area contributed by atoms with Crippen LogP contribution < -0.4 is 11.2 Å². The summed E-state index contributed by atoms with van der Waals surface area (Å²) in [5, 5.41) is 10.2. The molecule has 1 saturated heterocycles. The summed E-state index contributed by atoms with van der Waals surface area (Å²) in [7, 11) is -17.0. The largest absolute Gasteiger partial charge is 0.490 e. The van der Waals surface area contributed by atoms with Gasteiger partial charge < -0.3 is 29.4 Å². The quantitative estimate of drug-likeness (QED) is 0.195. The molecule has 166 valence electrons. The number of aromatic nitrogens is 2. The van der Waals surface area contributed by atoms with E-state index in [4.69, 9.17) is 31.0 Å². The molecule has 0 radical (unpaired) electrons. The number of aliphatic hydroxyl groups is 1. The Hall–Kier alpha value is -0.700. The number of nitrogens with one attached hydrogen (secondary N) is 1. The van der Waals surface area contributed by atoms with Gasteiger partial charge in [0.25, 0.3) is 5.56 Å². The highest BCUT2D eigenvalue weighted by molar-refractivity contribution is 7.66. The van der Waals surface area contributed by atoms with Crippen LogP contribution in [0.3, 0.4) is 0 Å². The fraction of sp³-hybridized carbons (Fsp3) is 0.556. The first-order valence-electron chi connectivity index (χ1n) is 7.10. The van der Waals surface area contributed by atoms with Gasteiger partial charge >= 0.3 is 29.2 Å². The van der Waals surface area contributed by atoms with Crippen molar-refractivity contribution >= 4 is 35.1 Å². The molecular formula is C9H14ClN2O14P3. The third-order valence-electron chi connectivity index (χ3n) is 3.34. The van der Waals surface area contributed by atoms with Gasteiger partial charge in [0, 0.05) is 12.3 Å². The second-order valence-electron chi connectivity index (χ2n) is 5.67. The van der Waals surface area contributed by atoms with Crippen LogP contribution >= 0.6 is 35.1 Å². The fourth-order valence-electron chi connectivity index (χ4n) is 2.21. The first-order valence-corrected chi connectivity index (χ1v) is 12.0. The van der Waals surface area contributed by atoms with Gasteiger partial charge in [0.15, 0.2) is 12.5 Å². The van der Waals surface area contributed by atoms with Crippen molar-refractivity contribution in [3.63, 3.8) is 0 Å². The van der Waals surface area contributed by atoms with E-state index in [1.54, 1.807) is 0 Å². The molecule has 16 nitrogen and oxygen atoms in total. The Labute approximate surface area is 165 Å². The van der Waals surface area contributed by atoms with Gasteiger partial charge in [-0.3, -0.25) is 18.9 Å². The summed E-state index contributed by atoms with van der Waals surface area (Å²) < 4.78 is 51.1. The van der Waals surface area contributed by atoms with Crippen LogP contribution in [0.5, 0.6) is 0 Å². The highest BCUT2D eigenvalue weighted by Gasteiger charge is 2.56. The van der Waals surface area contributed by atoms with Gasteiger partial charge in [-0.05, 0) is 6.92 Å². The SMILES string of the molecule is C[C@@]1(Cl)[C@H](O)C(OP(=O)(O)OP(=O)(O)OP(=O)(O)O)O[C@H]1n1ccc(=O)[nH]c1=O. The lowest BCUT2D eigenvalue weighted by Crippen LogP contribution is -2.42. The normalized spacial score (nSPS) is 31.9. The minimum atomic E-state index is -5.80. The molecule has 0 bridgehead atoms. The van der Waals surface area contributed by atoms with E-state index >= 15 is 0 Å². The number of aromatic amines is 1. The highest BCUT2D eigenvalue weighted by Crippen LogP contribution is 2.67. The number of aliphatic hydroxyl groups excluding tert-OH is 1. The number of phosphoric acid groups is 3. The standard InChI is InChI=1S/C9H14ClN2O14P3/c1-9(10)5(14)6(23-7(9)12-3-2-4(13)11-8(12)15)24-28(19,20)26-29(21,22)25-27(16,17)18/h2-3,5-7,14H,1H3,(H,19,20)(H,21,22)(H,11,13,15)(H2,16,17,18)/t5-,6?,7-,9-/m1/s1. The molecule has 0 saturated carbocycles. The Kier molecular flexibility index (Phi) is 6.86. The zero-order chi connectivity index (χ0) is 22.4. The van der Waals surface area contributed by atoms with Crippen LogP contribution in [0.25, 0.3) is 0 Å². The molecule has 0 aromatic carbocycles. The van der Waals surface area contributed by atoms with E-state index in [9.17, 15) is 33.3 Å². The zero-order valence-corrected chi connectivity index (χ0v) is 17.4. The van der Waals surface area contributed by atoms with Gasteiger partial charge in [-0.25, -0.2) is 18.5 Å². The minimum Gasteiger partial charge on any atom is -0.386 e. The second kappa shape index (κ2) is 8.09. The van der Waals surface area contributed by atoms with Crippen molar-refractivity contribution in [1.82, 2.24) is 9.55 Å². The van der Waals surface area contributed by atoms with E-state index in [-0.39, 0.29) is 0 Å². The van der Waals surface area contributed by atoms with Gasteiger partial charge in [0.05, 0.1) is 0 Å². The lowest BCUT2D eigenvalue weighted by molar-refractivity contribution is -0.134. The predicted molar refractivity (Wildman–Crippen MR) is 90.4 cm³/mol. The Balaban J connectivity index is 2.24. The highest BCUT2D eigenvalue weighted by atomic mass is 35.5. The van der Waals surface area contributed by atoms with Crippen LogP contribution in [0.1, 0.15) is 13.2 Å². The second-order valence-corrected chi connectivity index (χ2v) is 10.9. The summed E-state index contributed by atoms with van der Waals surface area (Å²) >= 11 is 6.12. The zero-order valence-electron chi connectivity index (χ0n) is 14.0. The molecular weight excluding hydrogens is 488 g/mol. The van der Waals surface area contributed by atoms with Crippen molar-refractivity contribution in [2.24, 2.45) is 0 Å². The maximum atomic E-state index is 11.9. The maximum Gasteiger partial charge on any atom is 0.490 e. The topological polar surface area (TPSA) is 244 Å². The molecule has 6 atom stereocenters. The summed E-state index contributed by atoms with van der Waals surface area (Å²) in [5.74, 6) is 0. The Morgan fingerprint density at radius 2 is 1.76 bits per heavy atom. The van der Waals surface area contributed by atoms with Gasteiger partial charge in [-0.2, -0.15) is 8.62 Å². The number of hydrogen-bond donors (Lipinski definition) is 6. The van der Waals surface area contributed by atoms with Crippen molar-refractivity contribution in [1.29, 1.82) is 0 Å². The summed E-state index contributed by atoms with van der Waals surface area (Å²) in [4.78, 5) is 58.6. The van der Waals surface area contributed by atoms with Crippen LogP contribution in [0.4, 0.5) is 0 Å². The van der Waals surface area contributed by atoms with E-state index in [0.717, 1.165) is 23.8 Å². The van der Waals surface area contributed by atoms with Crippen LogP contribution in [0, 0.1) is 0 Å². The van der Waals surface area contributed by atoms with Crippen molar-refractivity contribution in [2.45, 2.75) is 30.4 Å². The Bertz CT molecular complexity index is 1030. The summed E-state index contributed by atoms with van der Waals surface area (Å²) in [6, 6.07) is 0.916. The smallest absolute Gasteiger partial charge is 0.386 e. The monoisotopic (exact) mass is 502 g/mol. The lowest BCUT2D eigenvalue weighted by atomic mass is 10.0. The minimum absolute atomic E-state index is 0.720. The number of halogens is 1. The lowest BCUT2D eigenvalue weighted by Gasteiger charge is -2.25. The van der Waals surface area contributed by atoms with Crippen molar-refractivity contribution in [3.8, 4) is 0 Å². The van der Waals surface area contributed by atoms with Gasteiger partial charge in [0.1, 0.15) is 11.0 Å².